The van der Waals surface area contributed by atoms with E-state index in [1.54, 1.807) is 26.0 Å². The average Bonchev–Trinajstić information content (AvgIpc) is 2.72. The Morgan fingerprint density at radius 1 is 1.16 bits per heavy atom. The van der Waals surface area contributed by atoms with Crippen LogP contribution in [0.25, 0.3) is 0 Å². The van der Waals surface area contributed by atoms with E-state index in [1.807, 2.05) is 13.8 Å². The van der Waals surface area contributed by atoms with Crippen LogP contribution >= 0.6 is 0 Å². The first kappa shape index (κ1) is 25.2. The van der Waals surface area contributed by atoms with Crippen LogP contribution in [0.1, 0.15) is 54.3 Å². The lowest BCUT2D eigenvalue weighted by Gasteiger charge is -2.17. The van der Waals surface area contributed by atoms with Crippen molar-refractivity contribution in [1.82, 2.24) is 15.3 Å². The largest absolute Gasteiger partial charge is 0.485 e. The standard InChI is InChI=1S/C22H25F4N3O3/c1-12(2)19(30)9-16-8-15(7-13(3)28-16)14(4)29-20(31)18-6-5-17(10-27-18)32-11-22(25,26)21(23)24/h5-8,10,12,14,21H,9,11H2,1-4H3,(H,29,31). The number of nitrogens with one attached hydrogen (secondary N) is 1. The SMILES string of the molecule is Cc1cc(C(C)NC(=O)c2ccc(OCC(F)(F)C(F)F)cn2)cc(CC(=O)C(C)C)n1. The van der Waals surface area contributed by atoms with Crippen LogP contribution in [0.5, 0.6) is 5.75 Å². The van der Waals surface area contributed by atoms with E-state index in [4.69, 9.17) is 0 Å². The maximum absolute atomic E-state index is 12.9. The summed E-state index contributed by atoms with van der Waals surface area (Å²) >= 11 is 0. The molecule has 2 rings (SSSR count). The number of ketones is 1. The minimum atomic E-state index is -4.28. The molecule has 0 fully saturated rings. The molecule has 2 aromatic heterocycles. The quantitative estimate of drug-likeness (QED) is 0.540. The van der Waals surface area contributed by atoms with E-state index < -0.39 is 30.9 Å². The molecule has 0 radical (unpaired) electrons. The van der Waals surface area contributed by atoms with Crippen LogP contribution in [-0.4, -0.2) is 40.6 Å². The van der Waals surface area contributed by atoms with Gasteiger partial charge in [0.05, 0.1) is 12.2 Å². The number of aromatic nitrogens is 2. The minimum absolute atomic E-state index is 0.00851. The lowest BCUT2D eigenvalue weighted by atomic mass is 10.0. The number of hydrogen-bond donors (Lipinski definition) is 1. The lowest BCUT2D eigenvalue weighted by Crippen LogP contribution is -2.33. The van der Waals surface area contributed by atoms with Crippen molar-refractivity contribution in [3.05, 3.63) is 53.1 Å². The van der Waals surface area contributed by atoms with Crippen molar-refractivity contribution >= 4 is 11.7 Å². The van der Waals surface area contributed by atoms with Crippen LogP contribution in [0.2, 0.25) is 0 Å². The fourth-order valence-corrected chi connectivity index (χ4v) is 2.69. The molecule has 10 heteroatoms. The summed E-state index contributed by atoms with van der Waals surface area (Å²) < 4.78 is 54.8. The van der Waals surface area contributed by atoms with Gasteiger partial charge in [0.25, 0.3) is 5.91 Å². The Morgan fingerprint density at radius 2 is 1.84 bits per heavy atom. The van der Waals surface area contributed by atoms with Crippen molar-refractivity contribution in [2.75, 3.05) is 6.61 Å². The number of alkyl halides is 4. The number of amides is 1. The number of carbonyl (C=O) groups is 2. The predicted octanol–water partition coefficient (Wildman–Crippen LogP) is 4.32. The second-order valence-corrected chi connectivity index (χ2v) is 7.76. The fourth-order valence-electron chi connectivity index (χ4n) is 2.69. The number of ether oxygens (including phenoxy) is 1. The summed E-state index contributed by atoms with van der Waals surface area (Å²) in [6.07, 6.45) is -2.64. The molecule has 1 N–H and O–H groups in total. The highest BCUT2D eigenvalue weighted by Gasteiger charge is 2.41. The van der Waals surface area contributed by atoms with Gasteiger partial charge in [0.2, 0.25) is 0 Å². The molecule has 2 heterocycles. The number of Topliss-reactive ketones (excluding diaryl/α,β-unsaturated/α-hetero) is 1. The summed E-state index contributed by atoms with van der Waals surface area (Å²) in [6, 6.07) is 5.55. The topological polar surface area (TPSA) is 81.2 Å². The highest BCUT2D eigenvalue weighted by molar-refractivity contribution is 5.92. The zero-order valence-corrected chi connectivity index (χ0v) is 18.2. The van der Waals surface area contributed by atoms with Crippen LogP contribution in [0, 0.1) is 12.8 Å². The molecule has 2 aromatic rings. The zero-order chi connectivity index (χ0) is 24.1. The third kappa shape index (κ3) is 7.00. The maximum Gasteiger partial charge on any atom is 0.340 e. The van der Waals surface area contributed by atoms with E-state index >= 15 is 0 Å². The van der Waals surface area contributed by atoms with Gasteiger partial charge in [-0.15, -0.1) is 0 Å². The third-order valence-electron chi connectivity index (χ3n) is 4.60. The highest BCUT2D eigenvalue weighted by Crippen LogP contribution is 2.24. The fraction of sp³-hybridized carbons (Fsp3) is 0.455. The van der Waals surface area contributed by atoms with E-state index in [2.05, 4.69) is 20.0 Å². The van der Waals surface area contributed by atoms with Crippen molar-refractivity contribution < 1.29 is 31.9 Å². The van der Waals surface area contributed by atoms with Gasteiger partial charge in [-0.1, -0.05) is 13.8 Å². The number of pyridine rings is 2. The summed E-state index contributed by atoms with van der Waals surface area (Å²) in [7, 11) is 0. The van der Waals surface area contributed by atoms with Crippen molar-refractivity contribution in [2.24, 2.45) is 5.92 Å². The first-order valence-corrected chi connectivity index (χ1v) is 9.95. The van der Waals surface area contributed by atoms with Crippen molar-refractivity contribution in [3.63, 3.8) is 0 Å². The molecule has 1 atom stereocenters. The molecule has 6 nitrogen and oxygen atoms in total. The van der Waals surface area contributed by atoms with E-state index in [9.17, 15) is 27.2 Å². The normalized spacial score (nSPS) is 12.7. The van der Waals surface area contributed by atoms with E-state index in [0.717, 1.165) is 11.8 Å². The number of halogens is 4. The van der Waals surface area contributed by atoms with Crippen molar-refractivity contribution in [1.29, 1.82) is 0 Å². The zero-order valence-electron chi connectivity index (χ0n) is 18.2. The second kappa shape index (κ2) is 10.5. The van der Waals surface area contributed by atoms with Gasteiger partial charge in [0.15, 0.2) is 6.61 Å². The molecule has 0 aliphatic carbocycles. The van der Waals surface area contributed by atoms with Gasteiger partial charge >= 0.3 is 12.3 Å². The van der Waals surface area contributed by atoms with Crippen LogP contribution in [0.15, 0.2) is 30.5 Å². The molecule has 0 spiro atoms. The number of carbonyl (C=O) groups excluding carboxylic acids is 2. The van der Waals surface area contributed by atoms with E-state index in [0.29, 0.717) is 11.4 Å². The first-order valence-electron chi connectivity index (χ1n) is 9.95. The van der Waals surface area contributed by atoms with Gasteiger partial charge in [-0.3, -0.25) is 14.6 Å². The Hall–Kier alpha value is -3.04. The maximum atomic E-state index is 12.9. The second-order valence-electron chi connectivity index (χ2n) is 7.76. The molecule has 0 aliphatic heterocycles. The number of hydrogen-bond acceptors (Lipinski definition) is 5. The van der Waals surface area contributed by atoms with Gasteiger partial charge < -0.3 is 10.1 Å². The smallest absolute Gasteiger partial charge is 0.340 e. The molecule has 174 valence electrons. The summed E-state index contributed by atoms with van der Waals surface area (Å²) in [4.78, 5) is 32.7. The lowest BCUT2D eigenvalue weighted by molar-refractivity contribution is -0.148. The van der Waals surface area contributed by atoms with Crippen LogP contribution in [0.3, 0.4) is 0 Å². The van der Waals surface area contributed by atoms with Crippen LogP contribution in [-0.2, 0) is 11.2 Å². The molecule has 0 saturated carbocycles. The number of aryl methyl sites for hydroxylation is 1. The molecule has 1 unspecified atom stereocenters. The predicted molar refractivity (Wildman–Crippen MR) is 109 cm³/mol. The average molecular weight is 455 g/mol. The Morgan fingerprint density at radius 3 is 2.41 bits per heavy atom. The number of rotatable bonds is 10. The Kier molecular flexibility index (Phi) is 8.29. The van der Waals surface area contributed by atoms with Crippen LogP contribution in [0.4, 0.5) is 17.6 Å². The van der Waals surface area contributed by atoms with E-state index in [1.165, 1.54) is 12.1 Å². The summed E-state index contributed by atoms with van der Waals surface area (Å²) in [5, 5.41) is 2.76. The first-order chi connectivity index (χ1) is 14.9. The summed E-state index contributed by atoms with van der Waals surface area (Å²) in [6.45, 7) is 5.67. The Bertz CT molecular complexity index is 950. The minimum Gasteiger partial charge on any atom is -0.485 e. The molecule has 1 amide bonds. The Labute approximate surface area is 183 Å². The monoisotopic (exact) mass is 455 g/mol. The molecule has 0 aliphatic rings. The molecule has 0 aromatic carbocycles. The van der Waals surface area contributed by atoms with Gasteiger partial charge in [0, 0.05) is 23.7 Å². The highest BCUT2D eigenvalue weighted by atomic mass is 19.3. The van der Waals surface area contributed by atoms with Crippen LogP contribution < -0.4 is 10.1 Å². The van der Waals surface area contributed by atoms with Gasteiger partial charge in [0.1, 0.15) is 17.2 Å². The van der Waals surface area contributed by atoms with Gasteiger partial charge in [-0.25, -0.2) is 13.8 Å². The molecule has 0 saturated heterocycles. The van der Waals surface area contributed by atoms with Crippen molar-refractivity contribution in [3.8, 4) is 5.75 Å². The molecular formula is C22H25F4N3O3. The third-order valence-corrected chi connectivity index (χ3v) is 4.60. The summed E-state index contributed by atoms with van der Waals surface area (Å²) in [5.74, 6) is -5.04. The van der Waals surface area contributed by atoms with E-state index in [-0.39, 0.29) is 29.6 Å². The van der Waals surface area contributed by atoms with Gasteiger partial charge in [-0.2, -0.15) is 8.78 Å². The molecule has 0 bridgehead atoms. The molecular weight excluding hydrogens is 430 g/mol. The Balaban J connectivity index is 2.03. The molecule has 32 heavy (non-hydrogen) atoms. The van der Waals surface area contributed by atoms with Gasteiger partial charge in [-0.05, 0) is 43.7 Å². The van der Waals surface area contributed by atoms with Crippen molar-refractivity contribution in [2.45, 2.75) is 52.5 Å². The summed E-state index contributed by atoms with van der Waals surface area (Å²) in [5.41, 5.74) is 2.06. The number of nitrogens with zero attached hydrogens (tertiary/aromatic N) is 2.